The van der Waals surface area contributed by atoms with Gasteiger partial charge in [0.2, 0.25) is 5.91 Å². The number of carbonyl (C=O) groups is 3. The Labute approximate surface area is 218 Å². The fourth-order valence-electron chi connectivity index (χ4n) is 4.47. The van der Waals surface area contributed by atoms with Gasteiger partial charge in [0, 0.05) is 21.8 Å². The van der Waals surface area contributed by atoms with Crippen molar-refractivity contribution in [1.82, 2.24) is 5.32 Å². The zero-order chi connectivity index (χ0) is 26.4. The number of aliphatic carboxylic acids is 1. The molecule has 1 atom stereocenters. The minimum Gasteiger partial charge on any atom is -0.480 e. The van der Waals surface area contributed by atoms with Crippen molar-refractivity contribution in [3.8, 4) is 16.2 Å². The van der Waals surface area contributed by atoms with E-state index in [2.05, 4.69) is 16.0 Å². The van der Waals surface area contributed by atoms with Crippen LogP contribution in [0.1, 0.15) is 28.1 Å². The summed E-state index contributed by atoms with van der Waals surface area (Å²) in [6.07, 6.45) is 1.71. The third-order valence-electron chi connectivity index (χ3n) is 6.25. The van der Waals surface area contributed by atoms with Crippen LogP contribution in [0.15, 0.2) is 54.6 Å². The topological polar surface area (TPSA) is 137 Å². The zero-order valence-corrected chi connectivity index (χ0v) is 21.1. The number of para-hydroxylation sites is 1. The lowest BCUT2D eigenvalue weighted by Gasteiger charge is -2.31. The van der Waals surface area contributed by atoms with E-state index in [1.54, 1.807) is 6.92 Å². The Kier molecular flexibility index (Phi) is 8.42. The molecule has 0 saturated carbocycles. The van der Waals surface area contributed by atoms with Crippen LogP contribution in [0.3, 0.4) is 0 Å². The van der Waals surface area contributed by atoms with Crippen LogP contribution in [0, 0.1) is 12.8 Å². The molecule has 3 aromatic rings. The number of carboxylic acid groups (broad SMARTS) is 2. The van der Waals surface area contributed by atoms with E-state index in [-0.39, 0.29) is 22.5 Å². The smallest absolute Gasteiger partial charge is 0.349 e. The highest BCUT2D eigenvalue weighted by atomic mass is 32.1. The Hall–Kier alpha value is -3.89. The Morgan fingerprint density at radius 3 is 2.43 bits per heavy atom. The van der Waals surface area contributed by atoms with Gasteiger partial charge in [0.25, 0.3) is 0 Å². The molecule has 2 aromatic carbocycles. The SMILES string of the molecule is Cc1c(-c2cccc(NC(C(=O)Nc3ccccc3)C3CCNCC3)c2)sc(C(=O)O)c1OCC(=O)O. The molecular weight excluding hydrogens is 494 g/mol. The number of nitrogens with one attached hydrogen (secondary N) is 3. The Bertz CT molecular complexity index is 1270. The van der Waals surface area contributed by atoms with E-state index in [0.29, 0.717) is 10.4 Å². The molecule has 1 aliphatic rings. The number of benzene rings is 2. The number of hydrogen-bond acceptors (Lipinski definition) is 7. The molecule has 1 aromatic heterocycles. The van der Waals surface area contributed by atoms with Gasteiger partial charge in [-0.05, 0) is 68.6 Å². The first-order valence-corrected chi connectivity index (χ1v) is 12.8. The third-order valence-corrected chi connectivity index (χ3v) is 7.56. The number of piperidine rings is 1. The van der Waals surface area contributed by atoms with E-state index >= 15 is 0 Å². The molecule has 194 valence electrons. The van der Waals surface area contributed by atoms with E-state index in [4.69, 9.17) is 9.84 Å². The van der Waals surface area contributed by atoms with Crippen molar-refractivity contribution < 1.29 is 29.3 Å². The predicted molar refractivity (Wildman–Crippen MR) is 143 cm³/mol. The van der Waals surface area contributed by atoms with E-state index < -0.39 is 24.6 Å². The van der Waals surface area contributed by atoms with Gasteiger partial charge in [0.05, 0.1) is 0 Å². The molecule has 9 nitrogen and oxygen atoms in total. The van der Waals surface area contributed by atoms with Crippen LogP contribution in [0.4, 0.5) is 11.4 Å². The van der Waals surface area contributed by atoms with Gasteiger partial charge in [-0.1, -0.05) is 30.3 Å². The lowest BCUT2D eigenvalue weighted by Crippen LogP contribution is -2.45. The summed E-state index contributed by atoms with van der Waals surface area (Å²) in [5.41, 5.74) is 2.75. The highest BCUT2D eigenvalue weighted by molar-refractivity contribution is 7.18. The van der Waals surface area contributed by atoms with Gasteiger partial charge in [0.15, 0.2) is 11.5 Å². The number of hydrogen-bond donors (Lipinski definition) is 5. The van der Waals surface area contributed by atoms with Crippen molar-refractivity contribution in [1.29, 1.82) is 0 Å². The lowest BCUT2D eigenvalue weighted by molar-refractivity contribution is -0.139. The number of carbonyl (C=O) groups excluding carboxylic acids is 1. The van der Waals surface area contributed by atoms with Crippen molar-refractivity contribution in [3.63, 3.8) is 0 Å². The standard InChI is InChI=1S/C27H29N3O6S/c1-16-23(36-15-21(31)32)25(27(34)35)37-24(16)18-6-5-9-20(14-18)29-22(17-10-12-28-13-11-17)26(33)30-19-7-3-2-4-8-19/h2-9,14,17,22,28-29H,10-13,15H2,1H3,(H,30,33)(H,31,32)(H,34,35). The highest BCUT2D eigenvalue weighted by Gasteiger charge is 2.30. The molecule has 0 bridgehead atoms. The second-order valence-electron chi connectivity index (χ2n) is 8.85. The summed E-state index contributed by atoms with van der Waals surface area (Å²) >= 11 is 1.03. The monoisotopic (exact) mass is 523 g/mol. The normalized spacial score (nSPS) is 14.5. The van der Waals surface area contributed by atoms with Gasteiger partial charge >= 0.3 is 11.9 Å². The number of ether oxygens (including phenoxy) is 1. The maximum absolute atomic E-state index is 13.4. The van der Waals surface area contributed by atoms with Crippen molar-refractivity contribution in [3.05, 3.63) is 65.0 Å². The predicted octanol–water partition coefficient (Wildman–Crippen LogP) is 4.30. The molecule has 0 aliphatic carbocycles. The second kappa shape index (κ2) is 11.9. The maximum atomic E-state index is 13.4. The molecule has 1 aliphatic heterocycles. The molecule has 1 unspecified atom stereocenters. The molecular formula is C27H29N3O6S. The fraction of sp³-hybridized carbons (Fsp3) is 0.296. The van der Waals surface area contributed by atoms with Gasteiger partial charge in [-0.3, -0.25) is 4.79 Å². The van der Waals surface area contributed by atoms with Crippen molar-refractivity contribution >= 4 is 40.6 Å². The average molecular weight is 524 g/mol. The molecule has 5 N–H and O–H groups in total. The molecule has 0 spiro atoms. The summed E-state index contributed by atoms with van der Waals surface area (Å²) < 4.78 is 5.31. The zero-order valence-electron chi connectivity index (χ0n) is 20.3. The largest absolute Gasteiger partial charge is 0.480 e. The van der Waals surface area contributed by atoms with E-state index in [0.717, 1.165) is 54.2 Å². The van der Waals surface area contributed by atoms with Gasteiger partial charge in [-0.15, -0.1) is 11.3 Å². The molecule has 1 saturated heterocycles. The Morgan fingerprint density at radius 1 is 1.05 bits per heavy atom. The number of anilines is 2. The Balaban J connectivity index is 1.61. The highest BCUT2D eigenvalue weighted by Crippen LogP contribution is 2.42. The number of aromatic carboxylic acids is 1. The summed E-state index contributed by atoms with van der Waals surface area (Å²) in [6.45, 7) is 2.76. The Morgan fingerprint density at radius 2 is 1.76 bits per heavy atom. The summed E-state index contributed by atoms with van der Waals surface area (Å²) in [7, 11) is 0. The van der Waals surface area contributed by atoms with Crippen LogP contribution in [0.5, 0.6) is 5.75 Å². The second-order valence-corrected chi connectivity index (χ2v) is 9.87. The van der Waals surface area contributed by atoms with E-state index in [1.807, 2.05) is 54.6 Å². The summed E-state index contributed by atoms with van der Waals surface area (Å²) in [4.78, 5) is 36.7. The van der Waals surface area contributed by atoms with Crippen molar-refractivity contribution in [2.45, 2.75) is 25.8 Å². The number of rotatable bonds is 10. The first-order chi connectivity index (χ1) is 17.8. The average Bonchev–Trinajstić information content (AvgIpc) is 3.23. The third kappa shape index (κ3) is 6.46. The fourth-order valence-corrected chi connectivity index (χ4v) is 5.56. The first kappa shape index (κ1) is 26.2. The van der Waals surface area contributed by atoms with Crippen LogP contribution in [0.2, 0.25) is 0 Å². The maximum Gasteiger partial charge on any atom is 0.349 e. The number of amides is 1. The molecule has 37 heavy (non-hydrogen) atoms. The minimum atomic E-state index is -1.19. The number of carboxylic acids is 2. The lowest BCUT2D eigenvalue weighted by atomic mass is 9.89. The van der Waals surface area contributed by atoms with Gasteiger partial charge in [-0.2, -0.15) is 0 Å². The van der Waals surface area contributed by atoms with Crippen molar-refractivity contribution in [2.24, 2.45) is 5.92 Å². The molecule has 1 fully saturated rings. The molecule has 4 rings (SSSR count). The number of thiophene rings is 1. The summed E-state index contributed by atoms with van der Waals surface area (Å²) in [5.74, 6) is -2.30. The summed E-state index contributed by atoms with van der Waals surface area (Å²) in [5, 5.41) is 28.4. The first-order valence-electron chi connectivity index (χ1n) is 12.0. The van der Waals surface area contributed by atoms with Crippen LogP contribution >= 0.6 is 11.3 Å². The van der Waals surface area contributed by atoms with Gasteiger partial charge in [-0.25, -0.2) is 9.59 Å². The quantitative estimate of drug-likeness (QED) is 0.265. The molecule has 1 amide bonds. The molecule has 2 heterocycles. The van der Waals surface area contributed by atoms with E-state index in [9.17, 15) is 19.5 Å². The minimum absolute atomic E-state index is 0.0538. The van der Waals surface area contributed by atoms with Crippen LogP contribution < -0.4 is 20.7 Å². The van der Waals surface area contributed by atoms with Crippen LogP contribution in [-0.2, 0) is 9.59 Å². The van der Waals surface area contributed by atoms with Crippen LogP contribution in [0.25, 0.3) is 10.4 Å². The molecule has 10 heteroatoms. The van der Waals surface area contributed by atoms with Gasteiger partial charge in [0.1, 0.15) is 11.8 Å². The molecule has 0 radical (unpaired) electrons. The van der Waals surface area contributed by atoms with Gasteiger partial charge < -0.3 is 30.9 Å². The summed E-state index contributed by atoms with van der Waals surface area (Å²) in [6, 6.07) is 16.3. The van der Waals surface area contributed by atoms with Crippen molar-refractivity contribution in [2.75, 3.05) is 30.3 Å². The van der Waals surface area contributed by atoms with E-state index in [1.165, 1.54) is 0 Å². The van der Waals surface area contributed by atoms with Crippen LogP contribution in [-0.4, -0.2) is 53.8 Å².